The lowest BCUT2D eigenvalue weighted by Crippen LogP contribution is -2.51. The second-order valence-corrected chi connectivity index (χ2v) is 6.98. The number of carbonyl (C=O) groups excluding carboxylic acids is 1. The van der Waals surface area contributed by atoms with Crippen molar-refractivity contribution >= 4 is 5.91 Å². The van der Waals surface area contributed by atoms with Gasteiger partial charge in [0.05, 0.1) is 0 Å². The Kier molecular flexibility index (Phi) is 4.97. The SMILES string of the molecule is CN1CCN(C)[C@H](CC(=O)N2CC[C@H](c3ccc(F)cc3)C2)C1. The summed E-state index contributed by atoms with van der Waals surface area (Å²) in [4.78, 5) is 19.2. The number of carbonyl (C=O) groups is 1. The Labute approximate surface area is 137 Å². The lowest BCUT2D eigenvalue weighted by molar-refractivity contribution is -0.131. The average Bonchev–Trinajstić information content (AvgIpc) is 3.02. The molecule has 2 fully saturated rings. The largest absolute Gasteiger partial charge is 0.342 e. The quantitative estimate of drug-likeness (QED) is 0.850. The highest BCUT2D eigenvalue weighted by molar-refractivity contribution is 5.77. The molecule has 2 aliphatic rings. The van der Waals surface area contributed by atoms with Crippen LogP contribution < -0.4 is 0 Å². The van der Waals surface area contributed by atoms with E-state index < -0.39 is 0 Å². The van der Waals surface area contributed by atoms with Crippen molar-refractivity contribution in [1.29, 1.82) is 0 Å². The molecule has 0 radical (unpaired) electrons. The first-order valence-corrected chi connectivity index (χ1v) is 8.45. The van der Waals surface area contributed by atoms with Gasteiger partial charge in [0.25, 0.3) is 0 Å². The van der Waals surface area contributed by atoms with Crippen molar-refractivity contribution < 1.29 is 9.18 Å². The summed E-state index contributed by atoms with van der Waals surface area (Å²) in [6, 6.07) is 7.01. The maximum Gasteiger partial charge on any atom is 0.224 e. The van der Waals surface area contributed by atoms with Crippen molar-refractivity contribution in [2.24, 2.45) is 0 Å². The van der Waals surface area contributed by atoms with E-state index in [1.54, 1.807) is 0 Å². The van der Waals surface area contributed by atoms with Crippen LogP contribution in [0.25, 0.3) is 0 Å². The normalized spacial score (nSPS) is 26.7. The molecule has 0 bridgehead atoms. The van der Waals surface area contributed by atoms with Crippen LogP contribution in [0.3, 0.4) is 0 Å². The van der Waals surface area contributed by atoms with Crippen LogP contribution in [-0.4, -0.2) is 73.5 Å². The lowest BCUT2D eigenvalue weighted by Gasteiger charge is -2.38. The van der Waals surface area contributed by atoms with Gasteiger partial charge in [-0.05, 0) is 38.2 Å². The number of amides is 1. The third kappa shape index (κ3) is 3.90. The van der Waals surface area contributed by atoms with Crippen LogP contribution in [0.4, 0.5) is 4.39 Å². The molecular formula is C18H26FN3O. The summed E-state index contributed by atoms with van der Waals surface area (Å²) >= 11 is 0. The van der Waals surface area contributed by atoms with Gasteiger partial charge in [-0.15, -0.1) is 0 Å². The molecule has 1 aromatic rings. The van der Waals surface area contributed by atoms with Gasteiger partial charge in [0, 0.05) is 51.1 Å². The fraction of sp³-hybridized carbons (Fsp3) is 0.611. The van der Waals surface area contributed by atoms with Gasteiger partial charge in [0.2, 0.25) is 5.91 Å². The van der Waals surface area contributed by atoms with Gasteiger partial charge in [-0.1, -0.05) is 12.1 Å². The molecule has 0 saturated carbocycles. The number of halogens is 1. The Bertz CT molecular complexity index is 548. The van der Waals surface area contributed by atoms with E-state index in [1.807, 2.05) is 17.0 Å². The minimum absolute atomic E-state index is 0.205. The Morgan fingerprint density at radius 2 is 1.87 bits per heavy atom. The van der Waals surface area contributed by atoms with E-state index in [0.29, 0.717) is 18.4 Å². The zero-order valence-corrected chi connectivity index (χ0v) is 14.0. The number of benzene rings is 1. The van der Waals surface area contributed by atoms with E-state index in [1.165, 1.54) is 12.1 Å². The summed E-state index contributed by atoms with van der Waals surface area (Å²) < 4.78 is 13.0. The van der Waals surface area contributed by atoms with Gasteiger partial charge in [-0.25, -0.2) is 4.39 Å². The van der Waals surface area contributed by atoms with E-state index in [4.69, 9.17) is 0 Å². The molecule has 126 valence electrons. The Balaban J connectivity index is 1.56. The van der Waals surface area contributed by atoms with Crippen LogP contribution in [0.15, 0.2) is 24.3 Å². The number of likely N-dealkylation sites (tertiary alicyclic amines) is 1. The van der Waals surface area contributed by atoms with Gasteiger partial charge >= 0.3 is 0 Å². The predicted molar refractivity (Wildman–Crippen MR) is 88.9 cm³/mol. The van der Waals surface area contributed by atoms with Gasteiger partial charge < -0.3 is 14.7 Å². The van der Waals surface area contributed by atoms with E-state index in [2.05, 4.69) is 23.9 Å². The maximum atomic E-state index is 13.0. The number of rotatable bonds is 3. The standard InChI is InChI=1S/C18H26FN3O/c1-20-9-10-21(2)17(13-20)11-18(23)22-8-7-15(12-22)14-3-5-16(19)6-4-14/h3-6,15,17H,7-13H2,1-2H3/t15-,17+/m0/s1. The van der Waals surface area contributed by atoms with Crippen LogP contribution in [0.5, 0.6) is 0 Å². The summed E-state index contributed by atoms with van der Waals surface area (Å²) in [7, 11) is 4.22. The molecular weight excluding hydrogens is 293 g/mol. The molecule has 2 heterocycles. The number of piperazine rings is 1. The fourth-order valence-corrected chi connectivity index (χ4v) is 3.65. The highest BCUT2D eigenvalue weighted by atomic mass is 19.1. The van der Waals surface area contributed by atoms with Crippen LogP contribution in [-0.2, 0) is 4.79 Å². The topological polar surface area (TPSA) is 26.8 Å². The van der Waals surface area contributed by atoms with Crippen molar-refractivity contribution in [3.8, 4) is 0 Å². The van der Waals surface area contributed by atoms with Crippen molar-refractivity contribution in [3.63, 3.8) is 0 Å². The molecule has 2 atom stereocenters. The molecule has 3 rings (SSSR count). The van der Waals surface area contributed by atoms with E-state index in [-0.39, 0.29) is 11.7 Å². The third-order valence-corrected chi connectivity index (χ3v) is 5.27. The highest BCUT2D eigenvalue weighted by Gasteiger charge is 2.31. The Hall–Kier alpha value is -1.46. The molecule has 2 saturated heterocycles. The van der Waals surface area contributed by atoms with Crippen LogP contribution >= 0.6 is 0 Å². The van der Waals surface area contributed by atoms with Gasteiger partial charge in [0.15, 0.2) is 0 Å². The minimum Gasteiger partial charge on any atom is -0.342 e. The van der Waals surface area contributed by atoms with Gasteiger partial charge in [-0.2, -0.15) is 0 Å². The monoisotopic (exact) mass is 319 g/mol. The van der Waals surface area contributed by atoms with Crippen molar-refractivity contribution in [2.45, 2.75) is 24.8 Å². The summed E-state index contributed by atoms with van der Waals surface area (Å²) in [6.07, 6.45) is 1.56. The first kappa shape index (κ1) is 16.4. The van der Waals surface area contributed by atoms with Crippen LogP contribution in [0.2, 0.25) is 0 Å². The van der Waals surface area contributed by atoms with E-state index in [9.17, 15) is 9.18 Å². The smallest absolute Gasteiger partial charge is 0.224 e. The summed E-state index contributed by atoms with van der Waals surface area (Å²) in [6.45, 7) is 4.62. The second kappa shape index (κ2) is 6.97. The van der Waals surface area contributed by atoms with Crippen LogP contribution in [0, 0.1) is 5.82 Å². The molecule has 0 aliphatic carbocycles. The molecule has 4 nitrogen and oxygen atoms in total. The molecule has 0 aromatic heterocycles. The first-order valence-electron chi connectivity index (χ1n) is 8.45. The molecule has 0 spiro atoms. The summed E-state index contributed by atoms with van der Waals surface area (Å²) in [5.41, 5.74) is 1.14. The molecule has 1 amide bonds. The predicted octanol–water partition coefficient (Wildman–Crippen LogP) is 1.78. The number of likely N-dealkylation sites (N-methyl/N-ethyl adjacent to an activating group) is 2. The maximum absolute atomic E-state index is 13.0. The molecule has 0 N–H and O–H groups in total. The first-order chi connectivity index (χ1) is 11.0. The minimum atomic E-state index is -0.205. The van der Waals surface area contributed by atoms with Crippen molar-refractivity contribution in [2.75, 3.05) is 46.8 Å². The zero-order chi connectivity index (χ0) is 16.4. The molecule has 0 unspecified atom stereocenters. The van der Waals surface area contributed by atoms with Crippen molar-refractivity contribution in [3.05, 3.63) is 35.6 Å². The summed E-state index contributed by atoms with van der Waals surface area (Å²) in [5, 5.41) is 0. The van der Waals surface area contributed by atoms with E-state index in [0.717, 1.165) is 44.7 Å². The molecule has 2 aliphatic heterocycles. The molecule has 5 heteroatoms. The number of nitrogens with zero attached hydrogens (tertiary/aromatic N) is 3. The Morgan fingerprint density at radius 1 is 1.13 bits per heavy atom. The lowest BCUT2D eigenvalue weighted by atomic mass is 9.98. The third-order valence-electron chi connectivity index (χ3n) is 5.27. The van der Waals surface area contributed by atoms with E-state index >= 15 is 0 Å². The summed E-state index contributed by atoms with van der Waals surface area (Å²) in [5.74, 6) is 0.386. The fourth-order valence-electron chi connectivity index (χ4n) is 3.65. The van der Waals surface area contributed by atoms with Crippen LogP contribution in [0.1, 0.15) is 24.3 Å². The Morgan fingerprint density at radius 3 is 2.61 bits per heavy atom. The molecule has 1 aromatic carbocycles. The van der Waals surface area contributed by atoms with Gasteiger partial charge in [0.1, 0.15) is 5.82 Å². The van der Waals surface area contributed by atoms with Crippen molar-refractivity contribution in [1.82, 2.24) is 14.7 Å². The zero-order valence-electron chi connectivity index (χ0n) is 14.0. The second-order valence-electron chi connectivity index (χ2n) is 6.98. The number of hydrogen-bond acceptors (Lipinski definition) is 3. The molecule has 23 heavy (non-hydrogen) atoms. The average molecular weight is 319 g/mol. The number of hydrogen-bond donors (Lipinski definition) is 0. The van der Waals surface area contributed by atoms with Gasteiger partial charge in [-0.3, -0.25) is 4.79 Å². The highest BCUT2D eigenvalue weighted by Crippen LogP contribution is 2.28.